The van der Waals surface area contributed by atoms with Gasteiger partial charge in [-0.25, -0.2) is 4.79 Å². The predicted molar refractivity (Wildman–Crippen MR) is 77.2 cm³/mol. The Morgan fingerprint density at radius 2 is 1.86 bits per heavy atom. The number of aliphatic carboxylic acids is 1. The fourth-order valence-corrected chi connectivity index (χ4v) is 2.92. The van der Waals surface area contributed by atoms with Crippen molar-refractivity contribution in [3.05, 3.63) is 35.9 Å². The molecular weight excluding hydrogens is 286 g/mol. The van der Waals surface area contributed by atoms with Gasteiger partial charge in [0.15, 0.2) is 6.10 Å². The van der Waals surface area contributed by atoms with Crippen molar-refractivity contribution in [2.45, 2.75) is 31.2 Å². The van der Waals surface area contributed by atoms with Crippen LogP contribution in [0.1, 0.15) is 24.5 Å². The average molecular weight is 305 g/mol. The number of carboxylic acid groups (broad SMARTS) is 1. The summed E-state index contributed by atoms with van der Waals surface area (Å²) in [5.74, 6) is -1.13. The highest BCUT2D eigenvalue weighted by Gasteiger charge is 2.38. The van der Waals surface area contributed by atoms with Crippen LogP contribution in [0.3, 0.4) is 0 Å². The van der Waals surface area contributed by atoms with Crippen LogP contribution in [0, 0.1) is 0 Å². The molecule has 0 bridgehead atoms. The second-order valence-corrected chi connectivity index (χ2v) is 5.58. The summed E-state index contributed by atoms with van der Waals surface area (Å²) in [6, 6.07) is 9.78. The Morgan fingerprint density at radius 3 is 2.55 bits per heavy atom. The van der Waals surface area contributed by atoms with Crippen LogP contribution in [0.5, 0.6) is 0 Å². The molecule has 2 heterocycles. The fraction of sp³-hybridized carbons (Fsp3) is 0.500. The van der Waals surface area contributed by atoms with Crippen molar-refractivity contribution in [3.8, 4) is 0 Å². The van der Waals surface area contributed by atoms with Gasteiger partial charge in [0.1, 0.15) is 12.2 Å². The highest BCUT2D eigenvalue weighted by Crippen LogP contribution is 2.26. The van der Waals surface area contributed by atoms with Crippen molar-refractivity contribution < 1.29 is 24.2 Å². The van der Waals surface area contributed by atoms with Gasteiger partial charge in [0, 0.05) is 6.54 Å². The minimum atomic E-state index is -1.00. The molecule has 1 amide bonds. The number of carbonyl (C=O) groups is 2. The number of carboxylic acids is 1. The van der Waals surface area contributed by atoms with Gasteiger partial charge >= 0.3 is 5.97 Å². The largest absolute Gasteiger partial charge is 0.479 e. The van der Waals surface area contributed by atoms with Crippen LogP contribution in [-0.2, 0) is 19.1 Å². The number of carbonyl (C=O) groups excluding carboxylic acids is 1. The van der Waals surface area contributed by atoms with Crippen molar-refractivity contribution in [1.29, 1.82) is 0 Å². The number of nitrogens with zero attached hydrogens (tertiary/aromatic N) is 1. The van der Waals surface area contributed by atoms with E-state index < -0.39 is 18.2 Å². The summed E-state index contributed by atoms with van der Waals surface area (Å²) in [6.45, 7) is 1.46. The van der Waals surface area contributed by atoms with E-state index in [0.717, 1.165) is 5.56 Å². The molecule has 118 valence electrons. The monoisotopic (exact) mass is 305 g/mol. The van der Waals surface area contributed by atoms with Crippen LogP contribution in [0.4, 0.5) is 0 Å². The predicted octanol–water partition coefficient (Wildman–Crippen LogP) is 1.22. The summed E-state index contributed by atoms with van der Waals surface area (Å²) >= 11 is 0. The third-order valence-electron chi connectivity index (χ3n) is 4.12. The maximum atomic E-state index is 12.5. The molecule has 1 unspecified atom stereocenters. The lowest BCUT2D eigenvalue weighted by Crippen LogP contribution is -2.46. The first-order valence-electron chi connectivity index (χ1n) is 7.49. The second kappa shape index (κ2) is 6.46. The molecule has 2 aliphatic heterocycles. The van der Waals surface area contributed by atoms with Gasteiger partial charge in [-0.1, -0.05) is 30.3 Å². The smallest absolute Gasteiger partial charge is 0.332 e. The van der Waals surface area contributed by atoms with Gasteiger partial charge in [0.2, 0.25) is 0 Å². The quantitative estimate of drug-likeness (QED) is 0.908. The first-order chi connectivity index (χ1) is 10.6. The van der Waals surface area contributed by atoms with Crippen LogP contribution in [-0.4, -0.2) is 53.8 Å². The summed E-state index contributed by atoms with van der Waals surface area (Å²) < 4.78 is 11.1. The van der Waals surface area contributed by atoms with Gasteiger partial charge in [-0.05, 0) is 18.4 Å². The summed E-state index contributed by atoms with van der Waals surface area (Å²) in [5.41, 5.74) is 1.04. The Morgan fingerprint density at radius 1 is 1.14 bits per heavy atom. The van der Waals surface area contributed by atoms with E-state index >= 15 is 0 Å². The molecule has 2 saturated heterocycles. The number of benzene rings is 1. The zero-order chi connectivity index (χ0) is 15.5. The average Bonchev–Trinajstić information content (AvgIpc) is 3.05. The Bertz CT molecular complexity index is 547. The van der Waals surface area contributed by atoms with E-state index in [1.165, 1.54) is 0 Å². The van der Waals surface area contributed by atoms with Crippen LogP contribution >= 0.6 is 0 Å². The number of hydrogen-bond acceptors (Lipinski definition) is 4. The molecule has 22 heavy (non-hydrogen) atoms. The number of amides is 1. The van der Waals surface area contributed by atoms with E-state index in [9.17, 15) is 9.59 Å². The van der Waals surface area contributed by atoms with Crippen molar-refractivity contribution in [2.24, 2.45) is 0 Å². The van der Waals surface area contributed by atoms with Crippen molar-refractivity contribution >= 4 is 11.9 Å². The number of hydrogen-bond donors (Lipinski definition) is 1. The van der Waals surface area contributed by atoms with Crippen LogP contribution in [0.2, 0.25) is 0 Å². The topological polar surface area (TPSA) is 76.1 Å². The zero-order valence-corrected chi connectivity index (χ0v) is 12.2. The van der Waals surface area contributed by atoms with Gasteiger partial charge in [-0.3, -0.25) is 4.79 Å². The van der Waals surface area contributed by atoms with E-state index in [0.29, 0.717) is 32.5 Å². The van der Waals surface area contributed by atoms with E-state index in [2.05, 4.69) is 0 Å². The van der Waals surface area contributed by atoms with Crippen molar-refractivity contribution in [3.63, 3.8) is 0 Å². The summed E-state index contributed by atoms with van der Waals surface area (Å²) in [5, 5.41) is 8.94. The molecule has 1 aromatic carbocycles. The third-order valence-corrected chi connectivity index (χ3v) is 4.12. The lowest BCUT2D eigenvalue weighted by Gasteiger charge is -2.34. The van der Waals surface area contributed by atoms with E-state index in [4.69, 9.17) is 14.6 Å². The maximum absolute atomic E-state index is 12.5. The molecule has 6 heteroatoms. The summed E-state index contributed by atoms with van der Waals surface area (Å²) in [6.07, 6.45) is -0.799. The molecule has 1 N–H and O–H groups in total. The number of ether oxygens (including phenoxy) is 2. The van der Waals surface area contributed by atoms with Gasteiger partial charge in [0.05, 0.1) is 13.2 Å². The second-order valence-electron chi connectivity index (χ2n) is 5.58. The number of morpholine rings is 1. The molecule has 3 rings (SSSR count). The van der Waals surface area contributed by atoms with Crippen molar-refractivity contribution in [1.82, 2.24) is 4.90 Å². The molecule has 2 aliphatic rings. The molecule has 2 fully saturated rings. The van der Waals surface area contributed by atoms with Gasteiger partial charge in [-0.2, -0.15) is 0 Å². The first-order valence-corrected chi connectivity index (χ1v) is 7.49. The van der Waals surface area contributed by atoms with Crippen LogP contribution in [0.25, 0.3) is 0 Å². The third kappa shape index (κ3) is 3.13. The molecular formula is C16H19NO5. The maximum Gasteiger partial charge on any atom is 0.332 e. The Balaban J connectivity index is 1.62. The molecule has 0 radical (unpaired) electrons. The Kier molecular flexibility index (Phi) is 4.40. The first kappa shape index (κ1) is 15.0. The molecule has 0 aliphatic carbocycles. The van der Waals surface area contributed by atoms with E-state index in [1.54, 1.807) is 4.90 Å². The van der Waals surface area contributed by atoms with Crippen molar-refractivity contribution in [2.75, 3.05) is 19.7 Å². The summed E-state index contributed by atoms with van der Waals surface area (Å²) in [4.78, 5) is 25.1. The molecule has 6 nitrogen and oxygen atoms in total. The summed E-state index contributed by atoms with van der Waals surface area (Å²) in [7, 11) is 0. The normalized spacial score (nSPS) is 28.5. The zero-order valence-electron chi connectivity index (χ0n) is 12.2. The molecule has 0 spiro atoms. The highest BCUT2D eigenvalue weighted by atomic mass is 16.5. The van der Waals surface area contributed by atoms with Crippen LogP contribution in [0.15, 0.2) is 30.3 Å². The minimum absolute atomic E-state index is 0.131. The lowest BCUT2D eigenvalue weighted by molar-refractivity contribution is -0.158. The Hall–Kier alpha value is -1.92. The number of rotatable bonds is 3. The van der Waals surface area contributed by atoms with E-state index in [1.807, 2.05) is 30.3 Å². The fourth-order valence-electron chi connectivity index (χ4n) is 2.92. The minimum Gasteiger partial charge on any atom is -0.479 e. The molecule has 3 atom stereocenters. The molecule has 0 aromatic heterocycles. The highest BCUT2D eigenvalue weighted by molar-refractivity contribution is 5.82. The van der Waals surface area contributed by atoms with Gasteiger partial charge < -0.3 is 19.5 Å². The lowest BCUT2D eigenvalue weighted by atomic mass is 10.1. The standard InChI is InChI=1S/C16H19NO5/c18-15(12-6-7-13(22-12)16(19)20)17-8-9-21-14(10-17)11-4-2-1-3-5-11/h1-5,12-14H,6-10H2,(H,19,20)/t12-,13+,14?/m0/s1. The Labute approximate surface area is 128 Å². The molecule has 0 saturated carbocycles. The van der Waals surface area contributed by atoms with Gasteiger partial charge in [0.25, 0.3) is 5.91 Å². The van der Waals surface area contributed by atoms with E-state index in [-0.39, 0.29) is 12.0 Å². The van der Waals surface area contributed by atoms with Crippen LogP contribution < -0.4 is 0 Å². The molecule has 1 aromatic rings. The SMILES string of the molecule is O=C(O)[C@H]1CC[C@@H](C(=O)N2CCOC(c3ccccc3)C2)O1. The van der Waals surface area contributed by atoms with Gasteiger partial charge in [-0.15, -0.1) is 0 Å².